The molecular formula is C53H65N5O14S. The number of esters is 6. The van der Waals surface area contributed by atoms with Gasteiger partial charge in [0.25, 0.3) is 0 Å². The van der Waals surface area contributed by atoms with Gasteiger partial charge in [0.2, 0.25) is 5.91 Å². The van der Waals surface area contributed by atoms with Crippen molar-refractivity contribution in [1.82, 2.24) is 25.3 Å². The zero-order valence-electron chi connectivity index (χ0n) is 43.2. The van der Waals surface area contributed by atoms with Gasteiger partial charge in [0, 0.05) is 91.4 Å². The lowest BCUT2D eigenvalue weighted by molar-refractivity contribution is -0.237. The minimum atomic E-state index is -1.29. The third-order valence-corrected chi connectivity index (χ3v) is 14.5. The van der Waals surface area contributed by atoms with Gasteiger partial charge in [0.1, 0.15) is 18.1 Å². The zero-order chi connectivity index (χ0) is 53.4. The number of H-pyrrole nitrogens is 2. The Hall–Kier alpha value is -6.80. The van der Waals surface area contributed by atoms with Gasteiger partial charge in [0.05, 0.1) is 43.3 Å². The number of hydrogen-bond acceptors (Lipinski definition) is 17. The van der Waals surface area contributed by atoms with Gasteiger partial charge >= 0.3 is 35.8 Å². The summed E-state index contributed by atoms with van der Waals surface area (Å²) < 4.78 is 38.6. The Kier molecular flexibility index (Phi) is 18.5. The van der Waals surface area contributed by atoms with E-state index in [2.05, 4.69) is 41.8 Å². The van der Waals surface area contributed by atoms with Crippen LogP contribution in [0.15, 0.2) is 24.8 Å². The van der Waals surface area contributed by atoms with Crippen molar-refractivity contribution in [1.29, 1.82) is 0 Å². The van der Waals surface area contributed by atoms with Gasteiger partial charge in [-0.1, -0.05) is 26.5 Å². The molecule has 6 heterocycles. The summed E-state index contributed by atoms with van der Waals surface area (Å²) >= 11 is 1.21. The molecule has 0 radical (unpaired) electrons. The fourth-order valence-electron chi connectivity index (χ4n) is 9.60. The summed E-state index contributed by atoms with van der Waals surface area (Å²) in [4.78, 5) is 107. The molecule has 1 saturated heterocycles. The highest BCUT2D eigenvalue weighted by atomic mass is 32.2. The molecule has 0 unspecified atom stereocenters. The molecule has 20 heteroatoms. The molecule has 0 spiro atoms. The number of ether oxygens (including phenoxy) is 7. The van der Waals surface area contributed by atoms with Crippen LogP contribution >= 0.6 is 11.8 Å². The predicted octanol–water partition coefficient (Wildman–Crippen LogP) is 6.95. The van der Waals surface area contributed by atoms with Crippen LogP contribution < -0.4 is 5.32 Å². The second kappa shape index (κ2) is 24.3. The van der Waals surface area contributed by atoms with Crippen molar-refractivity contribution < 1.29 is 66.7 Å². The highest BCUT2D eigenvalue weighted by Crippen LogP contribution is 2.44. The zero-order valence-corrected chi connectivity index (χ0v) is 44.0. The van der Waals surface area contributed by atoms with Crippen LogP contribution in [0.1, 0.15) is 130 Å². The van der Waals surface area contributed by atoms with E-state index in [1.807, 2.05) is 32.1 Å². The second-order valence-corrected chi connectivity index (χ2v) is 19.3. The quantitative estimate of drug-likeness (QED) is 0.0662. The molecule has 7 atom stereocenters. The monoisotopic (exact) mass is 1030 g/mol. The van der Waals surface area contributed by atoms with Crippen LogP contribution in [0.25, 0.3) is 39.3 Å². The van der Waals surface area contributed by atoms with Crippen LogP contribution in [0.4, 0.5) is 0 Å². The highest BCUT2D eigenvalue weighted by molar-refractivity contribution is 7.99. The number of methoxy groups -OCH3 is 2. The summed E-state index contributed by atoms with van der Waals surface area (Å²) in [5.41, 5.74) is 9.45. The van der Waals surface area contributed by atoms with Crippen LogP contribution in [0.5, 0.6) is 0 Å². The van der Waals surface area contributed by atoms with Crippen LogP contribution in [0.3, 0.4) is 0 Å². The Morgan fingerprint density at radius 1 is 0.808 bits per heavy atom. The Bertz CT molecular complexity index is 2880. The van der Waals surface area contributed by atoms with Crippen molar-refractivity contribution in [3.63, 3.8) is 0 Å². The van der Waals surface area contributed by atoms with Gasteiger partial charge in [-0.2, -0.15) is 0 Å². The Balaban J connectivity index is 1.32. The Morgan fingerprint density at radius 3 is 2.10 bits per heavy atom. The molecule has 1 fully saturated rings. The number of thioether (sulfide) groups is 1. The number of aryl methyl sites for hydroxylation is 3. The average Bonchev–Trinajstić information content (AvgIpc) is 4.02. The van der Waals surface area contributed by atoms with Gasteiger partial charge in [-0.25, -0.2) is 9.78 Å². The topological polar surface area (TPSA) is 253 Å². The maximum atomic E-state index is 13.8. The van der Waals surface area contributed by atoms with Gasteiger partial charge in [0.15, 0.2) is 18.3 Å². The predicted molar refractivity (Wildman–Crippen MR) is 273 cm³/mol. The van der Waals surface area contributed by atoms with E-state index in [0.717, 1.165) is 58.2 Å². The minimum Gasteiger partial charge on any atom is -0.469 e. The molecule has 3 aliphatic heterocycles. The molecule has 392 valence electrons. The number of carbonyl (C=O) groups excluding carboxylic acids is 7. The van der Waals surface area contributed by atoms with Crippen LogP contribution in [0, 0.1) is 13.8 Å². The van der Waals surface area contributed by atoms with E-state index in [9.17, 15) is 33.6 Å². The SMILES string of the molecule is C=Cc1c(C)c2cc3nc(c(CC(=O)OC)c4nc(cc5[nH]c(cc1[nH]2)c(C)c5CC)C(C)=C4C(=O)OC)[C@@H](CCC(=O)NCCCS[C@@H]1O[C@H](COC(C)=O)[C@@H](OC(C)=O)[C@H](OC(C)=O)[C@H]1OC(C)=O)[C@@H]3C. The average molecular weight is 1030 g/mol. The van der Waals surface area contributed by atoms with E-state index >= 15 is 0 Å². The molecule has 19 nitrogen and oxygen atoms in total. The Morgan fingerprint density at radius 2 is 1.47 bits per heavy atom. The number of nitrogens with zero attached hydrogens (tertiary/aromatic N) is 2. The third kappa shape index (κ3) is 12.7. The number of allylic oxidation sites excluding steroid dienone is 1. The van der Waals surface area contributed by atoms with Gasteiger partial charge in [-0.05, 0) is 86.2 Å². The summed E-state index contributed by atoms with van der Waals surface area (Å²) in [6.07, 6.45) is -1.83. The number of nitrogens with one attached hydrogen (secondary N) is 3. The molecule has 0 aromatic carbocycles. The third-order valence-electron chi connectivity index (χ3n) is 13.2. The van der Waals surface area contributed by atoms with E-state index < -0.39 is 71.6 Å². The second-order valence-electron chi connectivity index (χ2n) is 18.1. The first kappa shape index (κ1) is 55.5. The molecule has 3 aromatic rings. The number of fused-ring (bicyclic) bond motifs is 8. The van der Waals surface area contributed by atoms with E-state index in [-0.39, 0.29) is 49.1 Å². The lowest BCUT2D eigenvalue weighted by atomic mass is 9.84. The van der Waals surface area contributed by atoms with Crippen molar-refractivity contribution in [2.45, 2.75) is 136 Å². The van der Waals surface area contributed by atoms with Crippen molar-refractivity contribution >= 4 is 92.8 Å². The molecule has 0 saturated carbocycles. The molecule has 3 aliphatic rings. The van der Waals surface area contributed by atoms with Crippen LogP contribution in [-0.4, -0.2) is 125 Å². The van der Waals surface area contributed by atoms with Crippen LogP contribution in [-0.2, 0) is 79.6 Å². The maximum absolute atomic E-state index is 13.8. The summed E-state index contributed by atoms with van der Waals surface area (Å²) in [5, 5.41) is 2.98. The first-order valence-electron chi connectivity index (χ1n) is 24.1. The number of aromatic nitrogens is 4. The molecule has 1 amide bonds. The number of amides is 1. The van der Waals surface area contributed by atoms with Gasteiger partial charge in [-0.3, -0.25) is 33.8 Å². The summed E-state index contributed by atoms with van der Waals surface area (Å²) in [6.45, 7) is 18.6. The fourth-order valence-corrected chi connectivity index (χ4v) is 10.8. The molecule has 8 bridgehead atoms. The molecular weight excluding hydrogens is 963 g/mol. The maximum Gasteiger partial charge on any atom is 0.340 e. The summed E-state index contributed by atoms with van der Waals surface area (Å²) in [7, 11) is 2.58. The number of rotatable bonds is 18. The normalized spacial score (nSPS) is 20.4. The van der Waals surface area contributed by atoms with Gasteiger partial charge < -0.3 is 48.4 Å². The van der Waals surface area contributed by atoms with E-state index in [1.54, 1.807) is 6.92 Å². The van der Waals surface area contributed by atoms with E-state index in [0.29, 0.717) is 53.2 Å². The standard InChI is InChI=1S/C53H65N5O14S/c1-13-33-25(3)37-21-39-27(5)35(16-17-44(63)54-18-15-19-73-53-51(71-32(10)62)50(70-31(9)61)49(69-30(8)60)43(72-53)24-68-29(7)59)47(57-39)36(20-45(64)66-11)48-46(52(65)67-12)28(6)40(58-48)23-42-34(14-2)26(4)38(56-42)22-41(33)55-37/h13,21-23,27,35,43,49-51,53,55-56H,1,14-20,24H2,2-12H3,(H,54,63)/t27-,35-,43+,49+,50-,51+,53-/m0/s1. The van der Waals surface area contributed by atoms with E-state index in [4.69, 9.17) is 43.1 Å². The molecule has 6 rings (SSSR count). The van der Waals surface area contributed by atoms with Crippen molar-refractivity contribution in [2.75, 3.05) is 33.1 Å². The fraction of sp³-hybridized carbons (Fsp3) is 0.491. The summed E-state index contributed by atoms with van der Waals surface area (Å²) in [6, 6.07) is 5.94. The minimum absolute atomic E-state index is 0.0608. The summed E-state index contributed by atoms with van der Waals surface area (Å²) in [5.74, 6) is -4.62. The van der Waals surface area contributed by atoms with Crippen molar-refractivity contribution in [3.05, 3.63) is 75.4 Å². The van der Waals surface area contributed by atoms with Crippen molar-refractivity contribution in [3.8, 4) is 0 Å². The molecule has 73 heavy (non-hydrogen) atoms. The van der Waals surface area contributed by atoms with E-state index in [1.165, 1.54) is 39.8 Å². The lowest BCUT2D eigenvalue weighted by Crippen LogP contribution is -2.61. The lowest BCUT2D eigenvalue weighted by Gasteiger charge is -2.44. The Labute approximate surface area is 427 Å². The first-order chi connectivity index (χ1) is 34.7. The number of aromatic amines is 2. The molecule has 3 N–H and O–H groups in total. The molecule has 0 aliphatic carbocycles. The van der Waals surface area contributed by atoms with Crippen molar-refractivity contribution in [2.24, 2.45) is 0 Å². The number of carbonyl (C=O) groups is 7. The highest BCUT2D eigenvalue weighted by Gasteiger charge is 2.52. The smallest absolute Gasteiger partial charge is 0.340 e. The largest absolute Gasteiger partial charge is 0.469 e. The number of hydrogen-bond donors (Lipinski definition) is 3. The van der Waals surface area contributed by atoms with Crippen LogP contribution in [0.2, 0.25) is 0 Å². The first-order valence-corrected chi connectivity index (χ1v) is 25.2. The molecule has 3 aromatic heterocycles. The van der Waals surface area contributed by atoms with Gasteiger partial charge in [-0.15, -0.1) is 11.8 Å².